The highest BCUT2D eigenvalue weighted by Crippen LogP contribution is 2.23. The Morgan fingerprint density at radius 3 is 2.05 bits per heavy atom. The Morgan fingerprint density at radius 1 is 0.838 bits per heavy atom. The first-order chi connectivity index (χ1) is 17.3. The molecule has 0 saturated carbocycles. The largest absolute Gasteiger partial charge is 0.491 e. The number of anilines is 4. The number of imidazole rings is 2. The predicted molar refractivity (Wildman–Crippen MR) is 153 cm³/mol. The molecule has 37 heavy (non-hydrogen) atoms. The SMILES string of the molecule is C[n+]1ccn(CCCOc2cc(N)ccc2N)c1.Cc1cc(NCCCn2cc[n+](C)c2)ccc1N.Cl. The van der Waals surface area contributed by atoms with E-state index in [0.29, 0.717) is 23.7 Å². The third kappa shape index (κ3) is 9.97. The number of nitrogens with one attached hydrogen (secondary N) is 1. The molecule has 9 nitrogen and oxygen atoms in total. The number of aryl methyl sites for hydroxylation is 5. The number of aromatic nitrogens is 4. The van der Waals surface area contributed by atoms with E-state index in [0.717, 1.165) is 49.4 Å². The molecule has 0 unspecified atom stereocenters. The molecular formula is C27H41ClN8O+2. The van der Waals surface area contributed by atoms with Gasteiger partial charge in [0.25, 0.3) is 0 Å². The first kappa shape index (κ1) is 29.4. The van der Waals surface area contributed by atoms with Crippen LogP contribution in [0.1, 0.15) is 18.4 Å². The van der Waals surface area contributed by atoms with Crippen molar-refractivity contribution < 1.29 is 13.9 Å². The highest BCUT2D eigenvalue weighted by molar-refractivity contribution is 5.85. The minimum Gasteiger partial charge on any atom is -0.491 e. The van der Waals surface area contributed by atoms with Gasteiger partial charge in [-0.2, -0.15) is 0 Å². The van der Waals surface area contributed by atoms with Crippen molar-refractivity contribution in [3.05, 3.63) is 79.4 Å². The summed E-state index contributed by atoms with van der Waals surface area (Å²) in [4.78, 5) is 0. The highest BCUT2D eigenvalue weighted by Gasteiger charge is 2.03. The number of nitrogens with zero attached hydrogens (tertiary/aromatic N) is 4. The van der Waals surface area contributed by atoms with Crippen molar-refractivity contribution in [3.63, 3.8) is 0 Å². The lowest BCUT2D eigenvalue weighted by Gasteiger charge is -2.08. The fourth-order valence-corrected chi connectivity index (χ4v) is 3.65. The zero-order chi connectivity index (χ0) is 25.9. The van der Waals surface area contributed by atoms with Crippen molar-refractivity contribution in [1.82, 2.24) is 9.13 Å². The summed E-state index contributed by atoms with van der Waals surface area (Å²) in [5.74, 6) is 0.660. The van der Waals surface area contributed by atoms with Gasteiger partial charge in [-0.3, -0.25) is 0 Å². The second kappa shape index (κ2) is 14.6. The number of hydrogen-bond donors (Lipinski definition) is 4. The lowest BCUT2D eigenvalue weighted by molar-refractivity contribution is -0.671. The summed E-state index contributed by atoms with van der Waals surface area (Å²) in [5.41, 5.74) is 21.7. The molecular weight excluding hydrogens is 488 g/mol. The molecule has 0 aliphatic carbocycles. The Bertz CT molecular complexity index is 1240. The van der Waals surface area contributed by atoms with E-state index in [1.54, 1.807) is 18.2 Å². The molecule has 7 N–H and O–H groups in total. The summed E-state index contributed by atoms with van der Waals surface area (Å²) in [5, 5.41) is 3.41. The molecule has 4 aromatic rings. The van der Waals surface area contributed by atoms with Crippen molar-refractivity contribution in [2.75, 3.05) is 35.7 Å². The highest BCUT2D eigenvalue weighted by atomic mass is 35.5. The van der Waals surface area contributed by atoms with Gasteiger partial charge in [0.1, 0.15) is 30.5 Å². The average Bonchev–Trinajstić information content (AvgIpc) is 3.46. The number of hydrogen-bond acceptors (Lipinski definition) is 5. The summed E-state index contributed by atoms with van der Waals surface area (Å²) in [7, 11) is 4.03. The first-order valence-electron chi connectivity index (χ1n) is 12.2. The molecule has 4 rings (SSSR count). The van der Waals surface area contributed by atoms with Gasteiger partial charge >= 0.3 is 0 Å². The van der Waals surface area contributed by atoms with E-state index in [-0.39, 0.29) is 12.4 Å². The molecule has 200 valence electrons. The zero-order valence-electron chi connectivity index (χ0n) is 22.0. The minimum atomic E-state index is 0. The Balaban J connectivity index is 0.000000253. The maximum atomic E-state index is 5.80. The lowest BCUT2D eigenvalue weighted by atomic mass is 10.2. The summed E-state index contributed by atoms with van der Waals surface area (Å²) in [6.07, 6.45) is 14.3. The molecule has 0 amide bonds. The minimum absolute atomic E-state index is 0. The Morgan fingerprint density at radius 2 is 1.46 bits per heavy atom. The van der Waals surface area contributed by atoms with E-state index < -0.39 is 0 Å². The number of nitrogens with two attached hydrogens (primary N) is 3. The van der Waals surface area contributed by atoms with Crippen LogP contribution >= 0.6 is 12.4 Å². The van der Waals surface area contributed by atoms with Gasteiger partial charge in [-0.05, 0) is 42.8 Å². The molecule has 10 heteroatoms. The van der Waals surface area contributed by atoms with E-state index in [9.17, 15) is 0 Å². The van der Waals surface area contributed by atoms with Crippen molar-refractivity contribution in [3.8, 4) is 5.75 Å². The van der Waals surface area contributed by atoms with Crippen LogP contribution < -0.4 is 36.4 Å². The van der Waals surface area contributed by atoms with Crippen LogP contribution in [0.3, 0.4) is 0 Å². The smallest absolute Gasteiger partial charge is 0.243 e. The second-order valence-corrected chi connectivity index (χ2v) is 8.98. The van der Waals surface area contributed by atoms with Crippen LogP contribution in [0.15, 0.2) is 73.8 Å². The van der Waals surface area contributed by atoms with Crippen molar-refractivity contribution in [1.29, 1.82) is 0 Å². The number of halogens is 1. The van der Waals surface area contributed by atoms with Gasteiger partial charge in [-0.25, -0.2) is 18.3 Å². The van der Waals surface area contributed by atoms with E-state index >= 15 is 0 Å². The average molecular weight is 529 g/mol. The van der Waals surface area contributed by atoms with Crippen LogP contribution in [0.25, 0.3) is 0 Å². The van der Waals surface area contributed by atoms with Crippen LogP contribution in [0.2, 0.25) is 0 Å². The summed E-state index contributed by atoms with van der Waals surface area (Å²) in [6.45, 7) is 5.56. The molecule has 0 spiro atoms. The maximum absolute atomic E-state index is 5.80. The normalized spacial score (nSPS) is 10.2. The Labute approximate surface area is 225 Å². The Hall–Kier alpha value is -3.85. The molecule has 0 radical (unpaired) electrons. The predicted octanol–water partition coefficient (Wildman–Crippen LogP) is 3.07. The van der Waals surface area contributed by atoms with Crippen LogP contribution in [-0.4, -0.2) is 22.3 Å². The maximum Gasteiger partial charge on any atom is 0.243 e. The number of rotatable bonds is 10. The topological polar surface area (TPSA) is 117 Å². The van der Waals surface area contributed by atoms with Crippen LogP contribution in [0, 0.1) is 6.92 Å². The van der Waals surface area contributed by atoms with E-state index in [1.165, 1.54) is 0 Å². The standard InChI is InChI=1S/C14H21N4.C13H19N4O.ClH/c1-12-10-13(4-5-14(12)15)16-6-3-7-18-9-8-17(2)11-18;1-16-6-7-17(10-16)5-2-8-18-13-9-11(14)3-4-12(13)15;/h4-5,8-11,16H,3,6-7,15H2,1-2H3;3-4,6-7,9-10H,2,5,8,14-15H2,1H3;1H/q2*+1;. The molecule has 0 saturated heterocycles. The van der Waals surface area contributed by atoms with E-state index in [4.69, 9.17) is 21.9 Å². The van der Waals surface area contributed by atoms with Crippen molar-refractivity contribution in [2.24, 2.45) is 14.1 Å². The summed E-state index contributed by atoms with van der Waals surface area (Å²) in [6, 6.07) is 11.3. The fraction of sp³-hybridized carbons (Fsp3) is 0.333. The van der Waals surface area contributed by atoms with Gasteiger partial charge in [0, 0.05) is 42.5 Å². The summed E-state index contributed by atoms with van der Waals surface area (Å²) >= 11 is 0. The van der Waals surface area contributed by atoms with Gasteiger partial charge in [-0.15, -0.1) is 12.4 Å². The number of nitrogen functional groups attached to an aromatic ring is 3. The molecule has 0 aliphatic rings. The fourth-order valence-electron chi connectivity index (χ4n) is 3.65. The molecule has 0 atom stereocenters. The van der Waals surface area contributed by atoms with Crippen LogP contribution in [-0.2, 0) is 27.2 Å². The van der Waals surface area contributed by atoms with Crippen LogP contribution in [0.5, 0.6) is 5.75 Å². The molecule has 0 fully saturated rings. The molecule has 0 aliphatic heterocycles. The third-order valence-electron chi connectivity index (χ3n) is 5.70. The van der Waals surface area contributed by atoms with E-state index in [2.05, 4.69) is 43.8 Å². The molecule has 2 aromatic heterocycles. The number of ether oxygens (including phenoxy) is 1. The third-order valence-corrected chi connectivity index (χ3v) is 5.70. The summed E-state index contributed by atoms with van der Waals surface area (Å²) < 4.78 is 14.0. The van der Waals surface area contributed by atoms with Gasteiger partial charge < -0.3 is 27.3 Å². The lowest BCUT2D eigenvalue weighted by Crippen LogP contribution is -2.23. The van der Waals surface area contributed by atoms with Gasteiger partial charge in [-0.1, -0.05) is 0 Å². The van der Waals surface area contributed by atoms with Gasteiger partial charge in [0.15, 0.2) is 0 Å². The van der Waals surface area contributed by atoms with Gasteiger partial charge in [0.05, 0.1) is 39.5 Å². The Kier molecular flexibility index (Phi) is 11.6. The number of benzene rings is 2. The molecule has 2 aromatic carbocycles. The monoisotopic (exact) mass is 528 g/mol. The second-order valence-electron chi connectivity index (χ2n) is 8.98. The van der Waals surface area contributed by atoms with E-state index in [1.807, 2.05) is 56.4 Å². The van der Waals surface area contributed by atoms with Crippen LogP contribution in [0.4, 0.5) is 22.7 Å². The van der Waals surface area contributed by atoms with Gasteiger partial charge in [0.2, 0.25) is 12.7 Å². The molecule has 0 bridgehead atoms. The first-order valence-corrected chi connectivity index (χ1v) is 12.2. The van der Waals surface area contributed by atoms with Crippen molar-refractivity contribution in [2.45, 2.75) is 32.9 Å². The van der Waals surface area contributed by atoms with Crippen molar-refractivity contribution >= 4 is 35.2 Å². The quantitative estimate of drug-likeness (QED) is 0.143. The zero-order valence-corrected chi connectivity index (χ0v) is 22.8. The molecule has 2 heterocycles.